The van der Waals surface area contributed by atoms with Gasteiger partial charge < -0.3 is 15.5 Å². The van der Waals surface area contributed by atoms with Gasteiger partial charge in [0.25, 0.3) is 5.91 Å². The maximum Gasteiger partial charge on any atom is 0.272 e. The van der Waals surface area contributed by atoms with Crippen molar-refractivity contribution < 1.29 is 4.79 Å². The van der Waals surface area contributed by atoms with Gasteiger partial charge in [-0.1, -0.05) is 60.7 Å². The first-order chi connectivity index (χ1) is 14.9. The standard InChI is InChI=1S/C23H24Cl2N4OS/c1-29-19-10-6-5-9-16(19)20(14-7-3-2-4-8-14)27-21(22(29)30)28-23(31)26-18-12-11-15(24)13-17(18)25/h5-6,9-14,21H,2-4,7-8H2,1H3,(H2,26,28,31). The maximum absolute atomic E-state index is 13.3. The van der Waals surface area contributed by atoms with Crippen LogP contribution >= 0.6 is 35.4 Å². The third-order valence-corrected chi connectivity index (χ3v) is 6.58. The number of halogens is 2. The Morgan fingerprint density at radius 3 is 2.61 bits per heavy atom. The number of likely N-dealkylation sites (N-methyl/N-ethyl adjacent to an activating group) is 1. The first kappa shape index (κ1) is 22.1. The number of carbonyl (C=O) groups excluding carboxylic acids is 1. The Bertz CT molecular complexity index is 1040. The third-order valence-electron chi connectivity index (χ3n) is 5.81. The fourth-order valence-electron chi connectivity index (χ4n) is 4.22. The number of rotatable bonds is 3. The summed E-state index contributed by atoms with van der Waals surface area (Å²) in [5.41, 5.74) is 3.49. The van der Waals surface area contributed by atoms with Gasteiger partial charge in [0.05, 0.1) is 22.1 Å². The van der Waals surface area contributed by atoms with Crippen molar-refractivity contribution >= 4 is 63.5 Å². The Morgan fingerprint density at radius 1 is 1.13 bits per heavy atom. The topological polar surface area (TPSA) is 56.7 Å². The number of carbonyl (C=O) groups is 1. The number of benzodiazepines with no additional fused rings is 1. The van der Waals surface area contributed by atoms with Crippen LogP contribution < -0.4 is 15.5 Å². The predicted octanol–water partition coefficient (Wildman–Crippen LogP) is 5.65. The molecule has 0 spiro atoms. The van der Waals surface area contributed by atoms with Crippen LogP contribution in [0.3, 0.4) is 0 Å². The average Bonchev–Trinajstić information content (AvgIpc) is 2.87. The van der Waals surface area contributed by atoms with Gasteiger partial charge in [-0.25, -0.2) is 0 Å². The molecule has 1 heterocycles. The molecule has 1 aliphatic carbocycles. The molecule has 4 rings (SSSR count). The van der Waals surface area contributed by atoms with Gasteiger partial charge in [-0.3, -0.25) is 9.79 Å². The lowest BCUT2D eigenvalue weighted by molar-refractivity contribution is -0.119. The monoisotopic (exact) mass is 474 g/mol. The van der Waals surface area contributed by atoms with Crippen molar-refractivity contribution in [2.75, 3.05) is 17.3 Å². The number of amides is 1. The van der Waals surface area contributed by atoms with Crippen molar-refractivity contribution in [2.24, 2.45) is 10.9 Å². The van der Waals surface area contributed by atoms with E-state index in [4.69, 9.17) is 40.4 Å². The second kappa shape index (κ2) is 9.55. The molecule has 2 aliphatic rings. The van der Waals surface area contributed by atoms with Crippen molar-refractivity contribution in [3.63, 3.8) is 0 Å². The molecule has 5 nitrogen and oxygen atoms in total. The van der Waals surface area contributed by atoms with Crippen LogP contribution in [0.25, 0.3) is 0 Å². The summed E-state index contributed by atoms with van der Waals surface area (Å²) < 4.78 is 0. The Labute approximate surface area is 197 Å². The van der Waals surface area contributed by atoms with E-state index in [1.807, 2.05) is 18.2 Å². The number of aliphatic imine (C=N–C) groups is 1. The van der Waals surface area contributed by atoms with Gasteiger partial charge in [-0.2, -0.15) is 0 Å². The summed E-state index contributed by atoms with van der Waals surface area (Å²) in [7, 11) is 1.78. The minimum absolute atomic E-state index is 0.162. The lowest BCUT2D eigenvalue weighted by Gasteiger charge is -2.25. The van der Waals surface area contributed by atoms with E-state index in [0.717, 1.165) is 29.8 Å². The van der Waals surface area contributed by atoms with E-state index in [-0.39, 0.29) is 11.0 Å². The minimum Gasteiger partial charge on any atom is -0.333 e. The van der Waals surface area contributed by atoms with Crippen LogP contribution in [0.5, 0.6) is 0 Å². The summed E-state index contributed by atoms with van der Waals surface area (Å²) in [5, 5.41) is 7.38. The number of fused-ring (bicyclic) bond motifs is 1. The summed E-state index contributed by atoms with van der Waals surface area (Å²) in [5.74, 6) is 0.176. The lowest BCUT2D eigenvalue weighted by Crippen LogP contribution is -2.47. The molecule has 1 fully saturated rings. The SMILES string of the molecule is CN1C(=O)C(NC(=S)Nc2ccc(Cl)cc2Cl)N=C(C2CCCCC2)c2ccccc21. The van der Waals surface area contributed by atoms with E-state index in [1.165, 1.54) is 19.3 Å². The summed E-state index contributed by atoms with van der Waals surface area (Å²) in [6.45, 7) is 0. The smallest absolute Gasteiger partial charge is 0.272 e. The van der Waals surface area contributed by atoms with E-state index in [2.05, 4.69) is 16.7 Å². The molecule has 0 aromatic heterocycles. The highest BCUT2D eigenvalue weighted by Crippen LogP contribution is 2.33. The third kappa shape index (κ3) is 4.86. The van der Waals surface area contributed by atoms with Crippen LogP contribution in [0.15, 0.2) is 47.5 Å². The second-order valence-corrected chi connectivity index (χ2v) is 9.14. The first-order valence-corrected chi connectivity index (χ1v) is 11.6. The number of hydrogen-bond acceptors (Lipinski definition) is 3. The van der Waals surface area contributed by atoms with Gasteiger partial charge in [-0.15, -0.1) is 0 Å². The minimum atomic E-state index is -0.819. The summed E-state index contributed by atoms with van der Waals surface area (Å²) in [6.07, 6.45) is 4.97. The van der Waals surface area contributed by atoms with E-state index in [9.17, 15) is 4.79 Å². The molecular formula is C23H24Cl2N4OS. The lowest BCUT2D eigenvalue weighted by atomic mass is 9.83. The van der Waals surface area contributed by atoms with E-state index >= 15 is 0 Å². The molecule has 162 valence electrons. The van der Waals surface area contributed by atoms with Crippen LogP contribution in [-0.4, -0.2) is 29.9 Å². The summed E-state index contributed by atoms with van der Waals surface area (Å²) >= 11 is 17.7. The average molecular weight is 475 g/mol. The number of para-hydroxylation sites is 1. The zero-order valence-corrected chi connectivity index (χ0v) is 19.5. The molecule has 0 radical (unpaired) electrons. The highest BCUT2D eigenvalue weighted by atomic mass is 35.5. The van der Waals surface area contributed by atoms with Gasteiger partial charge in [0.2, 0.25) is 6.17 Å². The normalized spacial score (nSPS) is 19.3. The molecular weight excluding hydrogens is 451 g/mol. The molecule has 1 amide bonds. The number of thiocarbonyl (C=S) groups is 1. The number of benzene rings is 2. The van der Waals surface area contributed by atoms with Gasteiger partial charge in [-0.05, 0) is 49.3 Å². The van der Waals surface area contributed by atoms with Crippen LogP contribution in [0.2, 0.25) is 10.0 Å². The van der Waals surface area contributed by atoms with E-state index in [1.54, 1.807) is 30.1 Å². The van der Waals surface area contributed by atoms with Crippen LogP contribution in [-0.2, 0) is 4.79 Å². The van der Waals surface area contributed by atoms with Crippen LogP contribution in [0.4, 0.5) is 11.4 Å². The van der Waals surface area contributed by atoms with Gasteiger partial charge in [0.1, 0.15) is 0 Å². The van der Waals surface area contributed by atoms with Gasteiger partial charge in [0.15, 0.2) is 5.11 Å². The molecule has 0 saturated heterocycles. The van der Waals surface area contributed by atoms with Crippen LogP contribution in [0.1, 0.15) is 37.7 Å². The Hall–Kier alpha value is -2.15. The Morgan fingerprint density at radius 2 is 1.87 bits per heavy atom. The fraction of sp³-hybridized carbons (Fsp3) is 0.348. The zero-order valence-electron chi connectivity index (χ0n) is 17.2. The van der Waals surface area contributed by atoms with E-state index < -0.39 is 6.17 Å². The van der Waals surface area contributed by atoms with Crippen molar-refractivity contribution in [1.82, 2.24) is 5.32 Å². The molecule has 2 N–H and O–H groups in total. The first-order valence-electron chi connectivity index (χ1n) is 10.4. The fourth-order valence-corrected chi connectivity index (χ4v) is 4.89. The molecule has 1 aliphatic heterocycles. The molecule has 2 aromatic rings. The number of nitrogens with zero attached hydrogens (tertiary/aromatic N) is 2. The Kier molecular flexibility index (Phi) is 6.80. The predicted molar refractivity (Wildman–Crippen MR) is 133 cm³/mol. The number of anilines is 2. The number of hydrogen-bond donors (Lipinski definition) is 2. The maximum atomic E-state index is 13.3. The quantitative estimate of drug-likeness (QED) is 0.564. The number of nitrogens with one attached hydrogen (secondary N) is 2. The van der Waals surface area contributed by atoms with Crippen molar-refractivity contribution in [3.05, 3.63) is 58.1 Å². The van der Waals surface area contributed by atoms with Crippen molar-refractivity contribution in [3.8, 4) is 0 Å². The summed E-state index contributed by atoms with van der Waals surface area (Å²) in [6, 6.07) is 13.1. The highest BCUT2D eigenvalue weighted by molar-refractivity contribution is 7.80. The van der Waals surface area contributed by atoms with Crippen molar-refractivity contribution in [1.29, 1.82) is 0 Å². The molecule has 1 saturated carbocycles. The molecule has 8 heteroatoms. The van der Waals surface area contributed by atoms with Crippen molar-refractivity contribution in [2.45, 2.75) is 38.3 Å². The van der Waals surface area contributed by atoms with Crippen LogP contribution in [0, 0.1) is 5.92 Å². The zero-order chi connectivity index (χ0) is 22.0. The second-order valence-electron chi connectivity index (χ2n) is 7.89. The molecule has 1 atom stereocenters. The molecule has 2 aromatic carbocycles. The van der Waals surface area contributed by atoms with Gasteiger partial charge >= 0.3 is 0 Å². The van der Waals surface area contributed by atoms with Gasteiger partial charge in [0, 0.05) is 23.6 Å². The summed E-state index contributed by atoms with van der Waals surface area (Å²) in [4.78, 5) is 19.8. The highest BCUT2D eigenvalue weighted by Gasteiger charge is 2.33. The molecule has 1 unspecified atom stereocenters. The molecule has 0 bridgehead atoms. The molecule has 31 heavy (non-hydrogen) atoms. The van der Waals surface area contributed by atoms with E-state index in [0.29, 0.717) is 21.7 Å². The Balaban J connectivity index is 1.63. The largest absolute Gasteiger partial charge is 0.333 e.